The fourth-order valence-electron chi connectivity index (χ4n) is 2.69. The molecule has 4 rings (SSSR count). The minimum Gasteiger partial charge on any atom is -0.398 e. The highest BCUT2D eigenvalue weighted by molar-refractivity contribution is 6.16. The van der Waals surface area contributed by atoms with Crippen molar-refractivity contribution in [1.82, 2.24) is 24.3 Å². The highest BCUT2D eigenvalue weighted by Crippen LogP contribution is 2.34. The Morgan fingerprint density at radius 3 is 2.74 bits per heavy atom. The van der Waals surface area contributed by atoms with Crippen LogP contribution in [0.2, 0.25) is 0 Å². The zero-order chi connectivity index (χ0) is 16.0. The molecule has 0 aliphatic heterocycles. The molecule has 2 N–H and O–H groups in total. The first-order valence-corrected chi connectivity index (χ1v) is 6.98. The smallest absolute Gasteiger partial charge is 0.230 e. The third kappa shape index (κ3) is 1.99. The van der Waals surface area contributed by atoms with Gasteiger partial charge >= 0.3 is 0 Å². The van der Waals surface area contributed by atoms with Crippen molar-refractivity contribution in [2.45, 2.75) is 0 Å². The number of nitrogens with zero attached hydrogens (tertiary/aromatic N) is 6. The summed E-state index contributed by atoms with van der Waals surface area (Å²) >= 11 is 0. The molecule has 4 aromatic heterocycles. The van der Waals surface area contributed by atoms with Gasteiger partial charge in [-0.15, -0.1) is 0 Å². The number of fused-ring (bicyclic) bond motifs is 3. The summed E-state index contributed by atoms with van der Waals surface area (Å²) in [5.41, 5.74) is 9.34. The van der Waals surface area contributed by atoms with Gasteiger partial charge in [0.05, 0.1) is 11.2 Å². The van der Waals surface area contributed by atoms with Crippen molar-refractivity contribution in [3.05, 3.63) is 42.9 Å². The van der Waals surface area contributed by atoms with E-state index in [4.69, 9.17) is 13.7 Å². The zero-order valence-electron chi connectivity index (χ0n) is 12.4. The van der Waals surface area contributed by atoms with Crippen molar-refractivity contribution >= 4 is 36.4 Å². The molecule has 0 spiro atoms. The van der Waals surface area contributed by atoms with Gasteiger partial charge in [-0.25, -0.2) is 19.9 Å². The average molecular weight is 301 g/mol. The Kier molecular flexibility index (Phi) is 2.90. The summed E-state index contributed by atoms with van der Waals surface area (Å²) in [6.45, 7) is 0. The Labute approximate surface area is 133 Å². The van der Waals surface area contributed by atoms with Crippen molar-refractivity contribution in [1.29, 1.82) is 0 Å². The van der Waals surface area contributed by atoms with Gasteiger partial charge in [0.15, 0.2) is 0 Å². The van der Waals surface area contributed by atoms with Gasteiger partial charge in [0.25, 0.3) is 0 Å². The summed E-state index contributed by atoms with van der Waals surface area (Å²) < 4.78 is 1.82. The standard InChI is InChI=1S/C15H12BN7/c1-22(16)15-20-7-4-10(21-15)12-9-3-2-6-18-13(9)23-11(12)5-8-19-14(23)17/h2-8H,1H3,(H2,17,19). The molecule has 4 aromatic rings. The molecular formula is C15H12BN7. The molecule has 7 nitrogen and oxygen atoms in total. The van der Waals surface area contributed by atoms with Crippen LogP contribution in [0.3, 0.4) is 0 Å². The number of anilines is 2. The van der Waals surface area contributed by atoms with Gasteiger partial charge in [0.2, 0.25) is 19.9 Å². The predicted octanol–water partition coefficient (Wildman–Crippen LogP) is 1.44. The quantitative estimate of drug-likeness (QED) is 0.564. The number of hydrogen-bond acceptors (Lipinski definition) is 6. The number of pyridine rings is 1. The van der Waals surface area contributed by atoms with Crippen molar-refractivity contribution in [2.75, 3.05) is 17.6 Å². The van der Waals surface area contributed by atoms with Crippen molar-refractivity contribution in [2.24, 2.45) is 0 Å². The van der Waals surface area contributed by atoms with Crippen LogP contribution in [0.4, 0.5) is 11.9 Å². The van der Waals surface area contributed by atoms with E-state index in [9.17, 15) is 0 Å². The summed E-state index contributed by atoms with van der Waals surface area (Å²) in [7, 11) is 7.44. The van der Waals surface area contributed by atoms with E-state index in [0.717, 1.165) is 27.8 Å². The molecule has 0 aliphatic rings. The molecule has 110 valence electrons. The van der Waals surface area contributed by atoms with Gasteiger partial charge in [0, 0.05) is 29.5 Å². The number of nitrogens with two attached hydrogens (primary N) is 1. The van der Waals surface area contributed by atoms with Crippen LogP contribution in [-0.2, 0) is 0 Å². The van der Waals surface area contributed by atoms with Crippen LogP contribution >= 0.6 is 0 Å². The van der Waals surface area contributed by atoms with E-state index in [0.29, 0.717) is 11.9 Å². The minimum atomic E-state index is 0.377. The number of nitrogen functional groups attached to an aromatic ring is 1. The molecule has 0 aliphatic carbocycles. The molecule has 0 amide bonds. The van der Waals surface area contributed by atoms with E-state index in [-0.39, 0.29) is 0 Å². The minimum absolute atomic E-state index is 0.377. The first kappa shape index (κ1) is 13.5. The largest absolute Gasteiger partial charge is 0.398 e. The maximum absolute atomic E-state index is 6.04. The van der Waals surface area contributed by atoms with Crippen molar-refractivity contribution in [3.8, 4) is 11.3 Å². The van der Waals surface area contributed by atoms with E-state index in [1.807, 2.05) is 28.7 Å². The third-order valence-electron chi connectivity index (χ3n) is 3.65. The van der Waals surface area contributed by atoms with Crippen LogP contribution < -0.4 is 10.5 Å². The second kappa shape index (κ2) is 4.94. The lowest BCUT2D eigenvalue weighted by Gasteiger charge is -2.11. The molecule has 23 heavy (non-hydrogen) atoms. The molecule has 0 atom stereocenters. The summed E-state index contributed by atoms with van der Waals surface area (Å²) in [5.74, 6) is 0.809. The highest BCUT2D eigenvalue weighted by Gasteiger charge is 2.17. The van der Waals surface area contributed by atoms with Crippen LogP contribution in [0, 0.1) is 0 Å². The average Bonchev–Trinajstić information content (AvgIpc) is 2.90. The van der Waals surface area contributed by atoms with Crippen LogP contribution in [0.1, 0.15) is 0 Å². The third-order valence-corrected chi connectivity index (χ3v) is 3.65. The second-order valence-corrected chi connectivity index (χ2v) is 5.13. The molecule has 0 bridgehead atoms. The Morgan fingerprint density at radius 2 is 1.91 bits per heavy atom. The Bertz CT molecular complexity index is 1020. The second-order valence-electron chi connectivity index (χ2n) is 5.13. The van der Waals surface area contributed by atoms with Gasteiger partial charge in [-0.3, -0.25) is 4.40 Å². The molecule has 2 radical (unpaired) electrons. The fourth-order valence-corrected chi connectivity index (χ4v) is 2.69. The first-order chi connectivity index (χ1) is 11.2. The molecule has 0 saturated carbocycles. The predicted molar refractivity (Wildman–Crippen MR) is 90.1 cm³/mol. The Hall–Kier alpha value is -3.16. The Balaban J connectivity index is 2.14. The first-order valence-electron chi connectivity index (χ1n) is 6.98. The maximum atomic E-state index is 6.04. The lowest BCUT2D eigenvalue weighted by atomic mass is 10.1. The van der Waals surface area contributed by atoms with Crippen molar-refractivity contribution < 1.29 is 0 Å². The lowest BCUT2D eigenvalue weighted by molar-refractivity contribution is 1.10. The van der Waals surface area contributed by atoms with Gasteiger partial charge in [-0.1, -0.05) is 0 Å². The van der Waals surface area contributed by atoms with E-state index < -0.39 is 0 Å². The molecule has 0 aromatic carbocycles. The van der Waals surface area contributed by atoms with Crippen LogP contribution in [-0.4, -0.2) is 39.4 Å². The van der Waals surface area contributed by atoms with Crippen LogP contribution in [0.5, 0.6) is 0 Å². The molecule has 0 saturated heterocycles. The summed E-state index contributed by atoms with van der Waals surface area (Å²) in [6.07, 6.45) is 5.07. The van der Waals surface area contributed by atoms with Crippen LogP contribution in [0.25, 0.3) is 27.8 Å². The van der Waals surface area contributed by atoms with Gasteiger partial charge in [-0.2, -0.15) is 0 Å². The number of hydrogen-bond donors (Lipinski definition) is 1. The van der Waals surface area contributed by atoms with E-state index in [2.05, 4.69) is 19.9 Å². The summed E-state index contributed by atoms with van der Waals surface area (Å²) in [6, 6.07) is 7.59. The molecule has 0 fully saturated rings. The fraction of sp³-hybridized carbons (Fsp3) is 0.0667. The zero-order valence-corrected chi connectivity index (χ0v) is 12.4. The van der Waals surface area contributed by atoms with E-state index in [1.54, 1.807) is 25.6 Å². The normalized spacial score (nSPS) is 11.2. The van der Waals surface area contributed by atoms with Gasteiger partial charge in [-0.05, 0) is 31.3 Å². The molecule has 0 unspecified atom stereocenters. The van der Waals surface area contributed by atoms with Crippen molar-refractivity contribution in [3.63, 3.8) is 0 Å². The molecular weight excluding hydrogens is 289 g/mol. The number of rotatable bonds is 2. The van der Waals surface area contributed by atoms with Gasteiger partial charge < -0.3 is 10.5 Å². The summed E-state index contributed by atoms with van der Waals surface area (Å²) in [4.78, 5) is 18.7. The highest BCUT2D eigenvalue weighted by atomic mass is 15.2. The van der Waals surface area contributed by atoms with E-state index >= 15 is 0 Å². The summed E-state index contributed by atoms with van der Waals surface area (Å²) in [5, 5.41) is 0.941. The molecule has 4 heterocycles. The number of aromatic nitrogens is 5. The van der Waals surface area contributed by atoms with Gasteiger partial charge in [0.1, 0.15) is 5.65 Å². The molecule has 8 heteroatoms. The topological polar surface area (TPSA) is 85.2 Å². The van der Waals surface area contributed by atoms with Crippen LogP contribution in [0.15, 0.2) is 42.9 Å². The monoisotopic (exact) mass is 301 g/mol. The van der Waals surface area contributed by atoms with E-state index in [1.165, 1.54) is 4.81 Å². The maximum Gasteiger partial charge on any atom is 0.230 e. The SMILES string of the molecule is [B]N(C)c1nccc(-c2c3cccnc3n3c(N)nccc23)n1. The lowest BCUT2D eigenvalue weighted by Crippen LogP contribution is -2.14. The Morgan fingerprint density at radius 1 is 1.09 bits per heavy atom.